The van der Waals surface area contributed by atoms with Crippen LogP contribution in [0.15, 0.2) is 0 Å². The van der Waals surface area contributed by atoms with Crippen LogP contribution in [0.5, 0.6) is 0 Å². The van der Waals surface area contributed by atoms with Gasteiger partial charge in [0.25, 0.3) is 0 Å². The van der Waals surface area contributed by atoms with Crippen molar-refractivity contribution in [2.75, 3.05) is 27.4 Å². The molecule has 0 N–H and O–H groups in total. The topological polar surface area (TPSA) is 18.5 Å². The van der Waals surface area contributed by atoms with E-state index in [9.17, 15) is 0 Å². The van der Waals surface area contributed by atoms with Crippen LogP contribution in [-0.4, -0.2) is 27.4 Å². The third kappa shape index (κ3) is 3.23. The quantitative estimate of drug-likeness (QED) is 0.677. The number of rotatable bonds is 7. The number of hydrogen-bond donors (Lipinski definition) is 0. The third-order valence-electron chi connectivity index (χ3n) is 4.90. The van der Waals surface area contributed by atoms with Gasteiger partial charge in [-0.1, -0.05) is 33.6 Å². The highest BCUT2D eigenvalue weighted by atomic mass is 16.5. The summed E-state index contributed by atoms with van der Waals surface area (Å²) < 4.78 is 11.1. The van der Waals surface area contributed by atoms with E-state index in [1.807, 2.05) is 14.2 Å². The van der Waals surface area contributed by atoms with Crippen LogP contribution in [0, 0.1) is 23.2 Å². The van der Waals surface area contributed by atoms with Gasteiger partial charge in [-0.25, -0.2) is 0 Å². The molecular weight excluding hydrogens is 212 g/mol. The van der Waals surface area contributed by atoms with Crippen molar-refractivity contribution in [1.82, 2.24) is 0 Å². The summed E-state index contributed by atoms with van der Waals surface area (Å²) in [5.74, 6) is 2.10. The maximum atomic E-state index is 5.56. The zero-order valence-corrected chi connectivity index (χ0v) is 12.3. The van der Waals surface area contributed by atoms with Gasteiger partial charge in [-0.15, -0.1) is 0 Å². The maximum Gasteiger partial charge on any atom is 0.0546 e. The van der Waals surface area contributed by atoms with Crippen molar-refractivity contribution in [1.29, 1.82) is 0 Å². The second-order valence-corrected chi connectivity index (χ2v) is 6.11. The van der Waals surface area contributed by atoms with Gasteiger partial charge in [0, 0.05) is 19.6 Å². The molecule has 0 bridgehead atoms. The third-order valence-corrected chi connectivity index (χ3v) is 4.90. The molecule has 102 valence electrons. The van der Waals surface area contributed by atoms with E-state index in [1.54, 1.807) is 0 Å². The summed E-state index contributed by atoms with van der Waals surface area (Å²) in [7, 11) is 3.65. The molecule has 1 fully saturated rings. The fourth-order valence-corrected chi connectivity index (χ4v) is 3.61. The minimum atomic E-state index is 0.216. The smallest absolute Gasteiger partial charge is 0.0546 e. The predicted octanol–water partition coefficient (Wildman–Crippen LogP) is 3.75. The molecule has 0 heterocycles. The van der Waals surface area contributed by atoms with E-state index in [2.05, 4.69) is 20.8 Å². The Bertz CT molecular complexity index is 197. The van der Waals surface area contributed by atoms with Crippen LogP contribution in [0.25, 0.3) is 0 Å². The zero-order valence-electron chi connectivity index (χ0n) is 12.3. The average Bonchev–Trinajstić information content (AvgIpc) is 2.81. The lowest BCUT2D eigenvalue weighted by molar-refractivity contribution is -0.0761. The van der Waals surface area contributed by atoms with Crippen molar-refractivity contribution in [3.8, 4) is 0 Å². The van der Waals surface area contributed by atoms with Crippen LogP contribution >= 0.6 is 0 Å². The van der Waals surface area contributed by atoms with Gasteiger partial charge >= 0.3 is 0 Å². The molecule has 2 nitrogen and oxygen atoms in total. The van der Waals surface area contributed by atoms with E-state index >= 15 is 0 Å². The highest BCUT2D eigenvalue weighted by Gasteiger charge is 2.45. The van der Waals surface area contributed by atoms with Gasteiger partial charge in [-0.3, -0.25) is 0 Å². The minimum absolute atomic E-state index is 0.216. The van der Waals surface area contributed by atoms with Gasteiger partial charge in [0.05, 0.1) is 13.2 Å². The largest absolute Gasteiger partial charge is 0.384 e. The summed E-state index contributed by atoms with van der Waals surface area (Å²) in [5.41, 5.74) is 0.216. The average molecular weight is 242 g/mol. The summed E-state index contributed by atoms with van der Waals surface area (Å²) in [5, 5.41) is 0. The van der Waals surface area contributed by atoms with E-state index in [-0.39, 0.29) is 5.41 Å². The van der Waals surface area contributed by atoms with Crippen molar-refractivity contribution in [2.45, 2.75) is 46.5 Å². The molecule has 1 saturated carbocycles. The van der Waals surface area contributed by atoms with Crippen molar-refractivity contribution in [3.63, 3.8) is 0 Å². The van der Waals surface area contributed by atoms with Gasteiger partial charge in [0.1, 0.15) is 0 Å². The van der Waals surface area contributed by atoms with Crippen molar-refractivity contribution >= 4 is 0 Å². The Kier molecular flexibility index (Phi) is 5.94. The molecule has 0 aromatic heterocycles. The molecule has 0 radical (unpaired) electrons. The normalized spacial score (nSPS) is 20.1. The van der Waals surface area contributed by atoms with Crippen LogP contribution in [0.1, 0.15) is 46.5 Å². The second-order valence-electron chi connectivity index (χ2n) is 6.11. The van der Waals surface area contributed by atoms with Crippen molar-refractivity contribution in [2.24, 2.45) is 23.2 Å². The van der Waals surface area contributed by atoms with Crippen LogP contribution in [0.2, 0.25) is 0 Å². The van der Waals surface area contributed by atoms with Gasteiger partial charge in [-0.2, -0.15) is 0 Å². The Morgan fingerprint density at radius 1 is 1.00 bits per heavy atom. The molecule has 0 spiro atoms. The fourth-order valence-electron chi connectivity index (χ4n) is 3.61. The summed E-state index contributed by atoms with van der Waals surface area (Å²) in [6.07, 6.45) is 5.46. The number of ether oxygens (including phenoxy) is 2. The van der Waals surface area contributed by atoms with Gasteiger partial charge in [-0.05, 0) is 30.6 Å². The molecule has 1 aliphatic rings. The molecule has 1 atom stereocenters. The van der Waals surface area contributed by atoms with E-state index in [0.29, 0.717) is 11.8 Å². The predicted molar refractivity (Wildman–Crippen MR) is 72.1 cm³/mol. The standard InChI is InChI=1S/C15H30O2/c1-12(2)13(3)15(10-16-4,11-17-5)14-8-6-7-9-14/h12-14H,6-11H2,1-5H3. The van der Waals surface area contributed by atoms with Crippen LogP contribution in [0.3, 0.4) is 0 Å². The molecule has 1 aliphatic carbocycles. The van der Waals surface area contributed by atoms with E-state index < -0.39 is 0 Å². The van der Waals surface area contributed by atoms with E-state index in [1.165, 1.54) is 25.7 Å². The Morgan fingerprint density at radius 3 is 1.82 bits per heavy atom. The fraction of sp³-hybridized carbons (Fsp3) is 1.00. The Morgan fingerprint density at radius 2 is 1.47 bits per heavy atom. The van der Waals surface area contributed by atoms with Crippen molar-refractivity contribution in [3.05, 3.63) is 0 Å². The van der Waals surface area contributed by atoms with E-state index in [4.69, 9.17) is 9.47 Å². The van der Waals surface area contributed by atoms with E-state index in [0.717, 1.165) is 19.1 Å². The molecule has 1 rings (SSSR count). The van der Waals surface area contributed by atoms with Gasteiger partial charge < -0.3 is 9.47 Å². The first kappa shape index (κ1) is 15.0. The SMILES string of the molecule is COCC(COC)(C1CCCC1)C(C)C(C)C. The highest BCUT2D eigenvalue weighted by Crippen LogP contribution is 2.47. The van der Waals surface area contributed by atoms with Gasteiger partial charge in [0.15, 0.2) is 0 Å². The lowest BCUT2D eigenvalue weighted by Crippen LogP contribution is -2.45. The summed E-state index contributed by atoms with van der Waals surface area (Å²) in [6.45, 7) is 8.69. The van der Waals surface area contributed by atoms with Crippen LogP contribution in [-0.2, 0) is 9.47 Å². The molecule has 0 aromatic carbocycles. The first-order valence-electron chi connectivity index (χ1n) is 7.06. The first-order valence-corrected chi connectivity index (χ1v) is 7.06. The Labute approximate surface area is 107 Å². The number of hydrogen-bond acceptors (Lipinski definition) is 2. The number of methoxy groups -OCH3 is 2. The molecule has 17 heavy (non-hydrogen) atoms. The lowest BCUT2D eigenvalue weighted by atomic mass is 9.64. The zero-order chi connectivity index (χ0) is 12.9. The van der Waals surface area contributed by atoms with Crippen LogP contribution < -0.4 is 0 Å². The summed E-state index contributed by atoms with van der Waals surface area (Å²) >= 11 is 0. The molecule has 0 amide bonds. The summed E-state index contributed by atoms with van der Waals surface area (Å²) in [6, 6.07) is 0. The lowest BCUT2D eigenvalue weighted by Gasteiger charge is -2.45. The molecule has 0 aliphatic heterocycles. The first-order chi connectivity index (χ1) is 8.08. The van der Waals surface area contributed by atoms with Gasteiger partial charge in [0.2, 0.25) is 0 Å². The molecule has 2 heteroatoms. The monoisotopic (exact) mass is 242 g/mol. The maximum absolute atomic E-state index is 5.56. The Balaban J connectivity index is 2.92. The minimum Gasteiger partial charge on any atom is -0.384 e. The Hall–Kier alpha value is -0.0800. The van der Waals surface area contributed by atoms with Crippen molar-refractivity contribution < 1.29 is 9.47 Å². The second kappa shape index (κ2) is 6.75. The molecule has 0 saturated heterocycles. The molecular formula is C15H30O2. The van der Waals surface area contributed by atoms with Crippen LogP contribution in [0.4, 0.5) is 0 Å². The summed E-state index contributed by atoms with van der Waals surface area (Å²) in [4.78, 5) is 0. The highest BCUT2D eigenvalue weighted by molar-refractivity contribution is 4.93. The molecule has 1 unspecified atom stereocenters. The molecule has 0 aromatic rings.